The van der Waals surface area contributed by atoms with Crippen LogP contribution in [0.1, 0.15) is 5.56 Å². The van der Waals surface area contributed by atoms with Gasteiger partial charge in [-0.2, -0.15) is 0 Å². The molecule has 0 amide bonds. The van der Waals surface area contributed by atoms with Crippen molar-refractivity contribution in [2.24, 2.45) is 0 Å². The van der Waals surface area contributed by atoms with E-state index >= 15 is 0 Å². The molecule has 14 heavy (non-hydrogen) atoms. The molecular weight excluding hydrogens is 225 g/mol. The first kappa shape index (κ1) is 10.8. The molecule has 0 fully saturated rings. The molecule has 0 atom stereocenters. The van der Waals surface area contributed by atoms with Gasteiger partial charge in [0.25, 0.3) is 5.69 Å². The summed E-state index contributed by atoms with van der Waals surface area (Å²) in [5.41, 5.74) is 0.218. The molecule has 1 aromatic carbocycles. The number of benzene rings is 1. The lowest BCUT2D eigenvalue weighted by Gasteiger charge is -1.95. The van der Waals surface area contributed by atoms with E-state index in [1.54, 1.807) is 0 Å². The first-order valence-corrected chi connectivity index (χ1v) is 4.55. The van der Waals surface area contributed by atoms with Gasteiger partial charge in [-0.25, -0.2) is 0 Å². The molecule has 0 saturated heterocycles. The van der Waals surface area contributed by atoms with Crippen molar-refractivity contribution in [3.05, 3.63) is 38.9 Å². The number of nitrogens with zero attached hydrogens (tertiary/aromatic N) is 1. The monoisotopic (exact) mass is 229 g/mol. The lowest BCUT2D eigenvalue weighted by molar-refractivity contribution is -0.385. The lowest BCUT2D eigenvalue weighted by Crippen LogP contribution is -1.91. The lowest BCUT2D eigenvalue weighted by atomic mass is 10.2. The van der Waals surface area contributed by atoms with Crippen LogP contribution >= 0.6 is 23.2 Å². The largest absolute Gasteiger partial charge is 0.285 e. The smallest absolute Gasteiger partial charge is 0.258 e. The zero-order valence-corrected chi connectivity index (χ0v) is 8.47. The molecule has 0 unspecified atom stereocenters. The van der Waals surface area contributed by atoms with Crippen LogP contribution in [-0.4, -0.2) is 10.8 Å². The van der Waals surface area contributed by atoms with E-state index in [2.05, 4.69) is 11.8 Å². The van der Waals surface area contributed by atoms with Gasteiger partial charge in [-0.15, -0.1) is 11.6 Å². The summed E-state index contributed by atoms with van der Waals surface area (Å²) in [5, 5.41) is 11.0. The van der Waals surface area contributed by atoms with Gasteiger partial charge < -0.3 is 0 Å². The molecule has 0 aliphatic rings. The van der Waals surface area contributed by atoms with Crippen LogP contribution in [0.2, 0.25) is 5.02 Å². The molecule has 0 radical (unpaired) electrons. The fourth-order valence-corrected chi connectivity index (χ4v) is 1.14. The first-order valence-electron chi connectivity index (χ1n) is 3.64. The van der Waals surface area contributed by atoms with Crippen molar-refractivity contribution < 1.29 is 4.92 Å². The number of alkyl halides is 1. The summed E-state index contributed by atoms with van der Waals surface area (Å²) in [4.78, 5) is 10.1. The second-order valence-electron chi connectivity index (χ2n) is 2.35. The summed E-state index contributed by atoms with van der Waals surface area (Å²) in [6.07, 6.45) is 0. The van der Waals surface area contributed by atoms with E-state index in [1.807, 2.05) is 0 Å². The predicted molar refractivity (Wildman–Crippen MR) is 55.7 cm³/mol. The molecule has 0 aliphatic carbocycles. The average molecular weight is 230 g/mol. The van der Waals surface area contributed by atoms with E-state index in [4.69, 9.17) is 23.2 Å². The molecule has 72 valence electrons. The Labute approximate surface area is 90.8 Å². The summed E-state index contributed by atoms with van der Waals surface area (Å²) in [5.74, 6) is 5.25. The van der Waals surface area contributed by atoms with E-state index in [0.29, 0.717) is 5.02 Å². The number of halogens is 2. The highest BCUT2D eigenvalue weighted by Crippen LogP contribution is 2.21. The van der Waals surface area contributed by atoms with Crippen LogP contribution in [0.4, 0.5) is 5.69 Å². The zero-order chi connectivity index (χ0) is 10.6. The van der Waals surface area contributed by atoms with Gasteiger partial charge in [0.2, 0.25) is 0 Å². The minimum Gasteiger partial charge on any atom is -0.258 e. The Kier molecular flexibility index (Phi) is 3.75. The van der Waals surface area contributed by atoms with Crippen LogP contribution in [0.5, 0.6) is 0 Å². The van der Waals surface area contributed by atoms with Gasteiger partial charge in [0.15, 0.2) is 0 Å². The average Bonchev–Trinajstić information content (AvgIpc) is 2.14. The summed E-state index contributed by atoms with van der Waals surface area (Å²) in [6, 6.07) is 4.21. The highest BCUT2D eigenvalue weighted by Gasteiger charge is 2.11. The number of nitro groups is 1. The second kappa shape index (κ2) is 4.85. The van der Waals surface area contributed by atoms with Crippen molar-refractivity contribution in [3.8, 4) is 11.8 Å². The van der Waals surface area contributed by atoms with E-state index in [9.17, 15) is 10.1 Å². The summed E-state index contributed by atoms with van der Waals surface area (Å²) >= 11 is 11.0. The van der Waals surface area contributed by atoms with Crippen molar-refractivity contribution in [3.63, 3.8) is 0 Å². The van der Waals surface area contributed by atoms with Crippen molar-refractivity contribution in [2.75, 3.05) is 5.88 Å². The Hall–Kier alpha value is -1.24. The van der Waals surface area contributed by atoms with Crippen molar-refractivity contribution in [1.82, 2.24) is 0 Å². The number of rotatable bonds is 1. The van der Waals surface area contributed by atoms with Gasteiger partial charge in [0.05, 0.1) is 10.8 Å². The van der Waals surface area contributed by atoms with E-state index in [0.717, 1.165) is 0 Å². The molecule has 1 aromatic rings. The molecule has 0 spiro atoms. The minimum atomic E-state index is -0.505. The first-order chi connectivity index (χ1) is 6.65. The molecule has 0 saturated carbocycles. The van der Waals surface area contributed by atoms with Gasteiger partial charge in [0.1, 0.15) is 5.56 Å². The number of nitro benzene ring substituents is 1. The third-order valence-electron chi connectivity index (χ3n) is 1.45. The Morgan fingerprint density at radius 3 is 2.79 bits per heavy atom. The minimum absolute atomic E-state index is 0.0629. The topological polar surface area (TPSA) is 43.1 Å². The number of hydrogen-bond acceptors (Lipinski definition) is 2. The van der Waals surface area contributed by atoms with Gasteiger partial charge in [-0.05, 0) is 12.1 Å². The van der Waals surface area contributed by atoms with Gasteiger partial charge in [-0.3, -0.25) is 10.1 Å². The zero-order valence-electron chi connectivity index (χ0n) is 6.96. The molecule has 1 rings (SSSR count). The van der Waals surface area contributed by atoms with Crippen molar-refractivity contribution in [2.45, 2.75) is 0 Å². The summed E-state index contributed by atoms with van der Waals surface area (Å²) in [7, 11) is 0. The summed E-state index contributed by atoms with van der Waals surface area (Å²) in [6.45, 7) is 0. The Balaban J connectivity index is 3.22. The maximum Gasteiger partial charge on any atom is 0.285 e. The van der Waals surface area contributed by atoms with E-state index in [1.165, 1.54) is 18.2 Å². The van der Waals surface area contributed by atoms with Crippen LogP contribution in [0, 0.1) is 22.0 Å². The Bertz CT molecular complexity index is 421. The highest BCUT2D eigenvalue weighted by atomic mass is 35.5. The Morgan fingerprint density at radius 1 is 1.50 bits per heavy atom. The van der Waals surface area contributed by atoms with Gasteiger partial charge >= 0.3 is 0 Å². The van der Waals surface area contributed by atoms with Gasteiger partial charge in [0, 0.05) is 11.1 Å². The second-order valence-corrected chi connectivity index (χ2v) is 3.06. The highest BCUT2D eigenvalue weighted by molar-refractivity contribution is 6.30. The molecule has 0 aromatic heterocycles. The van der Waals surface area contributed by atoms with E-state index < -0.39 is 4.92 Å². The van der Waals surface area contributed by atoms with Crippen LogP contribution in [-0.2, 0) is 0 Å². The normalized spacial score (nSPS) is 9.00. The van der Waals surface area contributed by atoms with Gasteiger partial charge in [-0.1, -0.05) is 23.4 Å². The molecule has 0 N–H and O–H groups in total. The van der Waals surface area contributed by atoms with Crippen LogP contribution in [0.15, 0.2) is 18.2 Å². The van der Waals surface area contributed by atoms with Crippen LogP contribution in [0.25, 0.3) is 0 Å². The maximum atomic E-state index is 10.6. The SMILES string of the molecule is O=[N+]([O-])c1ccc(Cl)cc1C#CCCl. The molecule has 3 nitrogen and oxygen atoms in total. The third kappa shape index (κ3) is 2.63. The number of hydrogen-bond donors (Lipinski definition) is 0. The summed E-state index contributed by atoms with van der Waals surface area (Å²) < 4.78 is 0. The standard InChI is InChI=1S/C9H5Cl2NO2/c10-5-1-2-7-6-8(11)3-4-9(7)12(13)14/h3-4,6H,5H2. The third-order valence-corrected chi connectivity index (χ3v) is 1.81. The van der Waals surface area contributed by atoms with Crippen LogP contribution < -0.4 is 0 Å². The molecule has 5 heteroatoms. The van der Waals surface area contributed by atoms with Crippen molar-refractivity contribution in [1.29, 1.82) is 0 Å². The molecule has 0 heterocycles. The fraction of sp³-hybridized carbons (Fsp3) is 0.111. The molecule has 0 bridgehead atoms. The molecule has 0 aliphatic heterocycles. The predicted octanol–water partition coefficient (Wildman–Crippen LogP) is 2.84. The maximum absolute atomic E-state index is 10.6. The van der Waals surface area contributed by atoms with Crippen molar-refractivity contribution >= 4 is 28.9 Å². The fourth-order valence-electron chi connectivity index (χ4n) is 0.896. The Morgan fingerprint density at radius 2 is 2.21 bits per heavy atom. The quantitative estimate of drug-likeness (QED) is 0.322. The molecular formula is C9H5Cl2NO2. The van der Waals surface area contributed by atoms with Crippen LogP contribution in [0.3, 0.4) is 0 Å². The van der Waals surface area contributed by atoms with E-state index in [-0.39, 0.29) is 17.1 Å².